The Hall–Kier alpha value is -1.71. The van der Waals surface area contributed by atoms with Gasteiger partial charge in [0.1, 0.15) is 0 Å². The lowest BCUT2D eigenvalue weighted by atomic mass is 9.85. The van der Waals surface area contributed by atoms with Crippen LogP contribution >= 0.6 is 31.9 Å². The van der Waals surface area contributed by atoms with Crippen LogP contribution in [0.2, 0.25) is 0 Å². The summed E-state index contributed by atoms with van der Waals surface area (Å²) in [6, 6.07) is 10.8. The third kappa shape index (κ3) is 2.83. The molecule has 0 spiro atoms. The van der Waals surface area contributed by atoms with Crippen LogP contribution < -0.4 is 0 Å². The molecule has 1 aromatic carbocycles. The minimum Gasteiger partial charge on any atom is -0.257 e. The number of fused-ring (bicyclic) bond motifs is 3. The molecular weight excluding hydrogens is 474 g/mol. The molecule has 3 aliphatic rings. The summed E-state index contributed by atoms with van der Waals surface area (Å²) in [5.74, 6) is 0.506. The van der Waals surface area contributed by atoms with E-state index in [-0.39, 0.29) is 4.83 Å². The third-order valence-corrected chi connectivity index (χ3v) is 7.93. The Kier molecular flexibility index (Phi) is 4.56. The van der Waals surface area contributed by atoms with Crippen LogP contribution in [0, 0.1) is 0 Å². The Morgan fingerprint density at radius 3 is 2.68 bits per heavy atom. The molecule has 3 heteroatoms. The molecular formula is C25H21Br2N. The van der Waals surface area contributed by atoms with E-state index >= 15 is 0 Å². The first-order valence-corrected chi connectivity index (χ1v) is 11.4. The minimum atomic E-state index is 0.230. The van der Waals surface area contributed by atoms with Crippen molar-refractivity contribution in [3.8, 4) is 0 Å². The Morgan fingerprint density at radius 1 is 1.00 bits per heavy atom. The van der Waals surface area contributed by atoms with Crippen molar-refractivity contribution in [2.45, 2.75) is 37.4 Å². The van der Waals surface area contributed by atoms with Gasteiger partial charge in [0.2, 0.25) is 0 Å². The average molecular weight is 495 g/mol. The molecule has 0 radical (unpaired) electrons. The van der Waals surface area contributed by atoms with Crippen LogP contribution in [0.25, 0.3) is 12.2 Å². The lowest BCUT2D eigenvalue weighted by Crippen LogP contribution is -2.07. The monoisotopic (exact) mass is 493 g/mol. The van der Waals surface area contributed by atoms with Crippen molar-refractivity contribution in [1.29, 1.82) is 0 Å². The highest BCUT2D eigenvalue weighted by Crippen LogP contribution is 2.50. The minimum absolute atomic E-state index is 0.230. The van der Waals surface area contributed by atoms with E-state index in [1.807, 2.05) is 12.3 Å². The highest BCUT2D eigenvalue weighted by molar-refractivity contribution is 9.10. The smallest absolute Gasteiger partial charge is 0.0682 e. The summed E-state index contributed by atoms with van der Waals surface area (Å²) < 4.78 is 1.20. The third-order valence-electron chi connectivity index (χ3n) is 6.25. The molecule has 1 heterocycles. The summed E-state index contributed by atoms with van der Waals surface area (Å²) in [5, 5.41) is 0. The maximum Gasteiger partial charge on any atom is 0.0682 e. The molecule has 1 aromatic heterocycles. The van der Waals surface area contributed by atoms with Crippen LogP contribution in [0.5, 0.6) is 0 Å². The fourth-order valence-electron chi connectivity index (χ4n) is 4.82. The van der Waals surface area contributed by atoms with Gasteiger partial charge in [-0.1, -0.05) is 67.8 Å². The van der Waals surface area contributed by atoms with E-state index in [9.17, 15) is 0 Å². The van der Waals surface area contributed by atoms with Gasteiger partial charge >= 0.3 is 0 Å². The number of halogens is 2. The first kappa shape index (κ1) is 18.3. The summed E-state index contributed by atoms with van der Waals surface area (Å²) in [5.41, 5.74) is 12.3. The summed E-state index contributed by atoms with van der Waals surface area (Å²) in [6.45, 7) is 4.52. The van der Waals surface area contributed by atoms with Gasteiger partial charge in [0.15, 0.2) is 0 Å². The number of alkyl halides is 1. The van der Waals surface area contributed by atoms with Crippen molar-refractivity contribution < 1.29 is 0 Å². The largest absolute Gasteiger partial charge is 0.257 e. The van der Waals surface area contributed by atoms with Crippen LogP contribution in [0.1, 0.15) is 59.8 Å². The molecule has 0 fully saturated rings. The first-order chi connectivity index (χ1) is 13.5. The number of benzene rings is 1. The van der Waals surface area contributed by atoms with Crippen LogP contribution in [-0.4, -0.2) is 4.98 Å². The molecule has 0 aliphatic heterocycles. The zero-order valence-corrected chi connectivity index (χ0v) is 19.1. The van der Waals surface area contributed by atoms with Gasteiger partial charge in [-0.3, -0.25) is 4.98 Å². The van der Waals surface area contributed by atoms with Crippen molar-refractivity contribution in [1.82, 2.24) is 4.98 Å². The second-order valence-electron chi connectivity index (χ2n) is 7.88. The van der Waals surface area contributed by atoms with Crippen molar-refractivity contribution >= 4 is 44.0 Å². The summed E-state index contributed by atoms with van der Waals surface area (Å²) in [6.07, 6.45) is 11.1. The molecule has 3 aliphatic carbocycles. The van der Waals surface area contributed by atoms with Crippen LogP contribution in [0.3, 0.4) is 0 Å². The maximum atomic E-state index is 4.61. The fraction of sp³-hybridized carbons (Fsp3) is 0.240. The molecule has 28 heavy (non-hydrogen) atoms. The Bertz CT molecular complexity index is 1120. The van der Waals surface area contributed by atoms with Crippen LogP contribution in [0.15, 0.2) is 74.9 Å². The van der Waals surface area contributed by atoms with Gasteiger partial charge in [-0.15, -0.1) is 0 Å². The van der Waals surface area contributed by atoms with Crippen LogP contribution in [0.4, 0.5) is 0 Å². The predicted octanol–water partition coefficient (Wildman–Crippen LogP) is 7.91. The van der Waals surface area contributed by atoms with Gasteiger partial charge in [-0.05, 0) is 83.9 Å². The van der Waals surface area contributed by atoms with E-state index in [4.69, 9.17) is 0 Å². The van der Waals surface area contributed by atoms with Gasteiger partial charge in [0, 0.05) is 16.6 Å². The number of nitrogens with zero attached hydrogens (tertiary/aromatic N) is 1. The molecule has 0 bridgehead atoms. The number of hydrogen-bond acceptors (Lipinski definition) is 1. The van der Waals surface area contributed by atoms with Gasteiger partial charge in [0.05, 0.1) is 10.5 Å². The van der Waals surface area contributed by atoms with E-state index < -0.39 is 0 Å². The number of rotatable bonds is 3. The van der Waals surface area contributed by atoms with E-state index in [1.54, 1.807) is 0 Å². The average Bonchev–Trinajstić information content (AvgIpc) is 3.18. The Balaban J connectivity index is 1.44. The highest BCUT2D eigenvalue weighted by Gasteiger charge is 2.31. The number of aromatic nitrogens is 1. The van der Waals surface area contributed by atoms with Gasteiger partial charge in [-0.25, -0.2) is 0 Å². The molecule has 5 rings (SSSR count). The zero-order valence-electron chi connectivity index (χ0n) is 16.0. The SMILES string of the molecule is CC1=Cc2c(Br)cccc2C1CCC1=C(C)C=C2C1=Cc1ncccc1C2Br. The molecule has 0 saturated heterocycles. The lowest BCUT2D eigenvalue weighted by Gasteiger charge is -2.23. The summed E-state index contributed by atoms with van der Waals surface area (Å²) in [4.78, 5) is 4.84. The number of pyridine rings is 1. The van der Waals surface area contributed by atoms with Crippen molar-refractivity contribution in [2.75, 3.05) is 0 Å². The molecule has 1 nitrogen and oxygen atoms in total. The van der Waals surface area contributed by atoms with Crippen molar-refractivity contribution in [2.24, 2.45) is 0 Å². The predicted molar refractivity (Wildman–Crippen MR) is 124 cm³/mol. The molecule has 0 saturated carbocycles. The second kappa shape index (κ2) is 6.96. The quantitative estimate of drug-likeness (QED) is 0.395. The van der Waals surface area contributed by atoms with Crippen molar-refractivity contribution in [3.63, 3.8) is 0 Å². The van der Waals surface area contributed by atoms with Crippen molar-refractivity contribution in [3.05, 3.63) is 97.3 Å². The highest BCUT2D eigenvalue weighted by atomic mass is 79.9. The van der Waals surface area contributed by atoms with E-state index in [0.717, 1.165) is 18.5 Å². The molecule has 2 unspecified atom stereocenters. The van der Waals surface area contributed by atoms with Gasteiger partial charge < -0.3 is 0 Å². The molecule has 0 amide bonds. The second-order valence-corrected chi connectivity index (χ2v) is 9.65. The molecule has 0 N–H and O–H groups in total. The van der Waals surface area contributed by atoms with Crippen LogP contribution in [-0.2, 0) is 0 Å². The Morgan fingerprint density at radius 2 is 1.82 bits per heavy atom. The van der Waals surface area contributed by atoms with Gasteiger partial charge in [0.25, 0.3) is 0 Å². The van der Waals surface area contributed by atoms with Gasteiger partial charge in [-0.2, -0.15) is 0 Å². The maximum absolute atomic E-state index is 4.61. The lowest BCUT2D eigenvalue weighted by molar-refractivity contribution is 0.712. The normalized spacial score (nSPS) is 22.4. The first-order valence-electron chi connectivity index (χ1n) is 9.74. The zero-order chi connectivity index (χ0) is 19.4. The molecule has 2 atom stereocenters. The number of allylic oxidation sites excluding steroid dienone is 6. The summed E-state index contributed by atoms with van der Waals surface area (Å²) in [7, 11) is 0. The summed E-state index contributed by atoms with van der Waals surface area (Å²) >= 11 is 7.63. The Labute approximate surface area is 183 Å². The topological polar surface area (TPSA) is 12.9 Å². The number of hydrogen-bond donors (Lipinski definition) is 0. The molecule has 140 valence electrons. The fourth-order valence-corrected chi connectivity index (χ4v) is 6.08. The van der Waals surface area contributed by atoms with E-state index in [2.05, 4.69) is 93.2 Å². The van der Waals surface area contributed by atoms with E-state index in [0.29, 0.717) is 5.92 Å². The molecule has 2 aromatic rings. The standard InChI is InChI=1S/C25H21Br2N/c1-14-11-21-18(5-3-7-23(21)26)16(14)8-9-17-15(2)12-22-20(17)13-24-19(25(22)27)6-4-10-28-24/h3-7,10-13,16,25H,8-9H2,1-2H3. The van der Waals surface area contributed by atoms with E-state index in [1.165, 1.54) is 49.0 Å².